The van der Waals surface area contributed by atoms with E-state index >= 15 is 0 Å². The maximum absolute atomic E-state index is 11.9. The summed E-state index contributed by atoms with van der Waals surface area (Å²) in [6, 6.07) is 21.1. The quantitative estimate of drug-likeness (QED) is 0.814. The minimum Gasteiger partial charge on any atom is -0.384 e. The molecule has 3 rings (SSSR count). The smallest absolute Gasteiger partial charge is 0.0979 e. The summed E-state index contributed by atoms with van der Waals surface area (Å²) < 4.78 is 0. The van der Waals surface area contributed by atoms with Gasteiger partial charge >= 0.3 is 0 Å². The topological polar surface area (TPSA) is 32.3 Å². The van der Waals surface area contributed by atoms with Gasteiger partial charge in [-0.1, -0.05) is 80.4 Å². The summed E-state index contributed by atoms with van der Waals surface area (Å²) in [6.45, 7) is 3.20. The Hall–Kier alpha value is -1.64. The molecule has 1 aliphatic rings. The molecule has 0 amide bonds. The first-order chi connectivity index (χ1) is 11.8. The van der Waals surface area contributed by atoms with Crippen LogP contribution in [0.25, 0.3) is 0 Å². The van der Waals surface area contributed by atoms with Crippen molar-refractivity contribution in [2.45, 2.75) is 56.6 Å². The Morgan fingerprint density at radius 1 is 1.04 bits per heavy atom. The molecule has 128 valence electrons. The molecule has 2 nitrogen and oxygen atoms in total. The predicted octanol–water partition coefficient (Wildman–Crippen LogP) is 4.60. The van der Waals surface area contributed by atoms with Crippen molar-refractivity contribution in [1.29, 1.82) is 0 Å². The molecule has 1 aliphatic heterocycles. The van der Waals surface area contributed by atoms with Gasteiger partial charge in [-0.3, -0.25) is 0 Å². The molecule has 0 spiro atoms. The average molecular weight is 323 g/mol. The van der Waals surface area contributed by atoms with E-state index in [1.807, 2.05) is 18.2 Å². The van der Waals surface area contributed by atoms with Crippen LogP contribution in [-0.2, 0) is 5.60 Å². The minimum absolute atomic E-state index is 0.0707. The molecular formula is C22H29NO. The molecule has 3 atom stereocenters. The SMILES string of the molecule is CCC[C@@](O)(c1ccccc1)[C@@H](c1ccccc1)[C@@H]1CCCCN1. The van der Waals surface area contributed by atoms with E-state index in [-0.39, 0.29) is 5.92 Å². The Balaban J connectivity index is 2.06. The molecule has 1 heterocycles. The molecule has 2 aromatic rings. The molecule has 0 saturated carbocycles. The van der Waals surface area contributed by atoms with Crippen LogP contribution in [0.4, 0.5) is 0 Å². The first-order valence-corrected chi connectivity index (χ1v) is 9.32. The van der Waals surface area contributed by atoms with Crippen molar-refractivity contribution >= 4 is 0 Å². The molecule has 1 fully saturated rings. The van der Waals surface area contributed by atoms with Crippen LogP contribution in [0.3, 0.4) is 0 Å². The fraction of sp³-hybridized carbons (Fsp3) is 0.455. The van der Waals surface area contributed by atoms with Crippen molar-refractivity contribution in [3.63, 3.8) is 0 Å². The lowest BCUT2D eigenvalue weighted by Crippen LogP contribution is -2.48. The van der Waals surface area contributed by atoms with Gasteiger partial charge in [-0.25, -0.2) is 0 Å². The normalized spacial score (nSPS) is 21.8. The third kappa shape index (κ3) is 3.55. The minimum atomic E-state index is -0.841. The molecule has 1 saturated heterocycles. The highest BCUT2D eigenvalue weighted by molar-refractivity contribution is 5.33. The number of piperidine rings is 1. The monoisotopic (exact) mass is 323 g/mol. The summed E-state index contributed by atoms with van der Waals surface area (Å²) in [5.41, 5.74) is 1.43. The van der Waals surface area contributed by atoms with E-state index in [1.165, 1.54) is 18.4 Å². The summed E-state index contributed by atoms with van der Waals surface area (Å²) in [5.74, 6) is 0.0707. The Morgan fingerprint density at radius 3 is 2.29 bits per heavy atom. The molecule has 0 bridgehead atoms. The second-order valence-electron chi connectivity index (χ2n) is 6.99. The van der Waals surface area contributed by atoms with Gasteiger partial charge in [-0.05, 0) is 36.9 Å². The number of hydrogen-bond donors (Lipinski definition) is 2. The van der Waals surface area contributed by atoms with E-state index in [0.717, 1.165) is 31.4 Å². The van der Waals surface area contributed by atoms with Crippen molar-refractivity contribution in [2.24, 2.45) is 0 Å². The number of benzene rings is 2. The first-order valence-electron chi connectivity index (χ1n) is 9.32. The van der Waals surface area contributed by atoms with E-state index in [1.54, 1.807) is 0 Å². The number of hydrogen-bond acceptors (Lipinski definition) is 2. The van der Waals surface area contributed by atoms with E-state index in [4.69, 9.17) is 0 Å². The lowest BCUT2D eigenvalue weighted by molar-refractivity contribution is -0.0177. The lowest BCUT2D eigenvalue weighted by Gasteiger charge is -2.43. The highest BCUT2D eigenvalue weighted by Gasteiger charge is 2.43. The van der Waals surface area contributed by atoms with Gasteiger partial charge in [0.2, 0.25) is 0 Å². The van der Waals surface area contributed by atoms with E-state index in [9.17, 15) is 5.11 Å². The molecule has 0 aromatic heterocycles. The van der Waals surface area contributed by atoms with Crippen LogP contribution >= 0.6 is 0 Å². The summed E-state index contributed by atoms with van der Waals surface area (Å²) in [4.78, 5) is 0. The zero-order valence-electron chi connectivity index (χ0n) is 14.6. The molecule has 2 heteroatoms. The van der Waals surface area contributed by atoms with E-state index < -0.39 is 5.60 Å². The highest BCUT2D eigenvalue weighted by atomic mass is 16.3. The Morgan fingerprint density at radius 2 is 1.71 bits per heavy atom. The van der Waals surface area contributed by atoms with Gasteiger partial charge in [-0.2, -0.15) is 0 Å². The van der Waals surface area contributed by atoms with Crippen LogP contribution in [0.15, 0.2) is 60.7 Å². The predicted molar refractivity (Wildman–Crippen MR) is 100 cm³/mol. The molecule has 24 heavy (non-hydrogen) atoms. The summed E-state index contributed by atoms with van der Waals surface area (Å²) in [5, 5.41) is 15.6. The fourth-order valence-electron chi connectivity index (χ4n) is 4.25. The van der Waals surface area contributed by atoms with Crippen molar-refractivity contribution in [2.75, 3.05) is 6.54 Å². The van der Waals surface area contributed by atoms with Gasteiger partial charge in [-0.15, -0.1) is 0 Å². The summed E-state index contributed by atoms with van der Waals surface area (Å²) in [7, 11) is 0. The molecule has 2 aromatic carbocycles. The van der Waals surface area contributed by atoms with Gasteiger partial charge < -0.3 is 10.4 Å². The van der Waals surface area contributed by atoms with Crippen LogP contribution in [0.5, 0.6) is 0 Å². The molecule has 0 aliphatic carbocycles. The molecule has 2 N–H and O–H groups in total. The third-order valence-electron chi connectivity index (χ3n) is 5.33. The van der Waals surface area contributed by atoms with Gasteiger partial charge in [0.15, 0.2) is 0 Å². The van der Waals surface area contributed by atoms with Crippen LogP contribution < -0.4 is 5.32 Å². The average Bonchev–Trinajstić information content (AvgIpc) is 2.65. The summed E-state index contributed by atoms with van der Waals surface area (Å²) in [6.07, 6.45) is 5.32. The second kappa shape index (κ2) is 7.96. The number of rotatable bonds is 6. The van der Waals surface area contributed by atoms with Crippen LogP contribution in [0, 0.1) is 0 Å². The van der Waals surface area contributed by atoms with Crippen molar-refractivity contribution in [1.82, 2.24) is 5.32 Å². The third-order valence-corrected chi connectivity index (χ3v) is 5.33. The van der Waals surface area contributed by atoms with E-state index in [0.29, 0.717) is 6.04 Å². The van der Waals surface area contributed by atoms with Crippen LogP contribution in [-0.4, -0.2) is 17.7 Å². The molecule has 0 unspecified atom stereocenters. The van der Waals surface area contributed by atoms with Crippen molar-refractivity contribution < 1.29 is 5.11 Å². The summed E-state index contributed by atoms with van der Waals surface area (Å²) >= 11 is 0. The number of nitrogens with one attached hydrogen (secondary N) is 1. The zero-order valence-corrected chi connectivity index (χ0v) is 14.6. The maximum Gasteiger partial charge on any atom is 0.0979 e. The Bertz CT molecular complexity index is 606. The van der Waals surface area contributed by atoms with E-state index in [2.05, 4.69) is 54.7 Å². The van der Waals surface area contributed by atoms with Crippen LogP contribution in [0.2, 0.25) is 0 Å². The number of aliphatic hydroxyl groups is 1. The van der Waals surface area contributed by atoms with Gasteiger partial charge in [0.05, 0.1) is 5.60 Å². The fourth-order valence-corrected chi connectivity index (χ4v) is 4.25. The van der Waals surface area contributed by atoms with Gasteiger partial charge in [0.1, 0.15) is 0 Å². The van der Waals surface area contributed by atoms with Gasteiger partial charge in [0, 0.05) is 12.0 Å². The second-order valence-corrected chi connectivity index (χ2v) is 6.99. The molecule has 0 radical (unpaired) electrons. The lowest BCUT2D eigenvalue weighted by atomic mass is 9.69. The van der Waals surface area contributed by atoms with Gasteiger partial charge in [0.25, 0.3) is 0 Å². The Kier molecular flexibility index (Phi) is 5.70. The maximum atomic E-state index is 11.9. The molecular weight excluding hydrogens is 294 g/mol. The largest absolute Gasteiger partial charge is 0.384 e. The van der Waals surface area contributed by atoms with Crippen molar-refractivity contribution in [3.8, 4) is 0 Å². The Labute approximate surface area is 145 Å². The van der Waals surface area contributed by atoms with Crippen LogP contribution in [0.1, 0.15) is 56.1 Å². The van der Waals surface area contributed by atoms with Crippen molar-refractivity contribution in [3.05, 3.63) is 71.8 Å². The first kappa shape index (κ1) is 17.2. The standard InChI is InChI=1S/C22H29NO/c1-2-16-22(24,19-13-7-4-8-14-19)21(18-11-5-3-6-12-18)20-15-9-10-17-23-20/h3-8,11-14,20-21,23-24H,2,9-10,15-17H2,1H3/t20-,21-,22+/m0/s1. The zero-order chi connectivity index (χ0) is 16.8. The highest BCUT2D eigenvalue weighted by Crippen LogP contribution is 2.44.